The van der Waals surface area contributed by atoms with Crippen LogP contribution in [-0.4, -0.2) is 26.2 Å². The first-order valence-electron chi connectivity index (χ1n) is 9.87. The molecule has 1 unspecified atom stereocenters. The van der Waals surface area contributed by atoms with Crippen molar-refractivity contribution in [1.82, 2.24) is 5.32 Å². The third-order valence-corrected chi connectivity index (χ3v) is 4.60. The minimum atomic E-state index is -0.163. The maximum Gasteiger partial charge on any atom is 0.258 e. The molecule has 1 N–H and O–H groups in total. The highest BCUT2D eigenvalue weighted by atomic mass is 16.5. The molecule has 5 heteroatoms. The molecule has 1 amide bonds. The van der Waals surface area contributed by atoms with Gasteiger partial charge in [0, 0.05) is 6.54 Å². The Bertz CT molecular complexity index is 760. The van der Waals surface area contributed by atoms with Crippen molar-refractivity contribution in [2.75, 3.05) is 20.3 Å². The number of hydrogen-bond acceptors (Lipinski definition) is 4. The molecule has 0 bridgehead atoms. The van der Waals surface area contributed by atoms with Gasteiger partial charge in [0.05, 0.1) is 13.7 Å². The molecule has 0 aliphatic heterocycles. The second-order valence-corrected chi connectivity index (χ2v) is 6.75. The summed E-state index contributed by atoms with van der Waals surface area (Å²) in [7, 11) is 1.61. The first-order valence-corrected chi connectivity index (χ1v) is 9.87. The summed E-state index contributed by atoms with van der Waals surface area (Å²) >= 11 is 0. The minimum Gasteiger partial charge on any atom is -0.493 e. The summed E-state index contributed by atoms with van der Waals surface area (Å²) in [6.45, 7) is 7.38. The number of hydrogen-bond donors (Lipinski definition) is 1. The molecular formula is C23H31NO4. The van der Waals surface area contributed by atoms with E-state index in [0.717, 1.165) is 29.7 Å². The summed E-state index contributed by atoms with van der Waals surface area (Å²) in [6, 6.07) is 13.6. The predicted molar refractivity (Wildman–Crippen MR) is 111 cm³/mol. The molecule has 0 aromatic heterocycles. The van der Waals surface area contributed by atoms with Crippen LogP contribution in [-0.2, 0) is 11.3 Å². The molecule has 28 heavy (non-hydrogen) atoms. The topological polar surface area (TPSA) is 56.8 Å². The zero-order valence-electron chi connectivity index (χ0n) is 17.3. The lowest BCUT2D eigenvalue weighted by Gasteiger charge is -2.15. The Morgan fingerprint density at radius 2 is 1.82 bits per heavy atom. The monoisotopic (exact) mass is 385 g/mol. The van der Waals surface area contributed by atoms with Crippen LogP contribution in [0.25, 0.3) is 0 Å². The number of benzene rings is 2. The second kappa shape index (κ2) is 11.2. The van der Waals surface area contributed by atoms with E-state index in [9.17, 15) is 4.79 Å². The van der Waals surface area contributed by atoms with Crippen molar-refractivity contribution in [3.8, 4) is 17.2 Å². The highest BCUT2D eigenvalue weighted by Gasteiger charge is 2.11. The lowest BCUT2D eigenvalue weighted by atomic mass is 9.98. The number of methoxy groups -OCH3 is 1. The van der Waals surface area contributed by atoms with E-state index in [1.165, 1.54) is 0 Å². The van der Waals surface area contributed by atoms with Crippen LogP contribution in [0.2, 0.25) is 0 Å². The Morgan fingerprint density at radius 1 is 1.04 bits per heavy atom. The average Bonchev–Trinajstić information content (AvgIpc) is 2.74. The maximum atomic E-state index is 12.2. The average molecular weight is 386 g/mol. The standard InChI is InChI=1S/C23H31NO4/c1-5-13-27-21-12-11-18(14-22(21)26-4)15-24-23(25)16-28-20-10-8-7-9-19(20)17(3)6-2/h7-12,14,17H,5-6,13,15-16H2,1-4H3,(H,24,25). The van der Waals surface area contributed by atoms with Crippen LogP contribution in [0.4, 0.5) is 0 Å². The molecule has 2 aromatic carbocycles. The van der Waals surface area contributed by atoms with E-state index in [4.69, 9.17) is 14.2 Å². The predicted octanol–water partition coefficient (Wildman–Crippen LogP) is 4.69. The number of para-hydroxylation sites is 1. The van der Waals surface area contributed by atoms with Gasteiger partial charge >= 0.3 is 0 Å². The minimum absolute atomic E-state index is 0.0116. The number of carbonyl (C=O) groups excluding carboxylic acids is 1. The number of ether oxygens (including phenoxy) is 3. The fourth-order valence-electron chi connectivity index (χ4n) is 2.79. The van der Waals surface area contributed by atoms with Crippen molar-refractivity contribution >= 4 is 5.91 Å². The quantitative estimate of drug-likeness (QED) is 0.609. The van der Waals surface area contributed by atoms with Gasteiger partial charge in [-0.15, -0.1) is 0 Å². The van der Waals surface area contributed by atoms with Gasteiger partial charge in [0.15, 0.2) is 18.1 Å². The molecular weight excluding hydrogens is 354 g/mol. The van der Waals surface area contributed by atoms with Crippen molar-refractivity contribution in [2.45, 2.75) is 46.1 Å². The molecule has 1 atom stereocenters. The van der Waals surface area contributed by atoms with E-state index in [0.29, 0.717) is 30.6 Å². The molecule has 0 saturated carbocycles. The van der Waals surface area contributed by atoms with E-state index < -0.39 is 0 Å². The van der Waals surface area contributed by atoms with Crippen molar-refractivity contribution in [2.24, 2.45) is 0 Å². The zero-order chi connectivity index (χ0) is 20.4. The van der Waals surface area contributed by atoms with Crippen molar-refractivity contribution in [3.63, 3.8) is 0 Å². The lowest BCUT2D eigenvalue weighted by molar-refractivity contribution is -0.123. The van der Waals surface area contributed by atoms with Gasteiger partial charge in [0.25, 0.3) is 5.91 Å². The molecule has 2 aromatic rings. The Hall–Kier alpha value is -2.69. The summed E-state index contributed by atoms with van der Waals surface area (Å²) in [4.78, 5) is 12.2. The zero-order valence-corrected chi connectivity index (χ0v) is 17.3. The SMILES string of the molecule is CCCOc1ccc(CNC(=O)COc2ccccc2C(C)CC)cc1OC. The molecule has 0 spiro atoms. The number of rotatable bonds is 11. The van der Waals surface area contributed by atoms with Crippen LogP contribution in [0, 0.1) is 0 Å². The third kappa shape index (κ3) is 6.19. The largest absolute Gasteiger partial charge is 0.493 e. The molecule has 5 nitrogen and oxygen atoms in total. The summed E-state index contributed by atoms with van der Waals surface area (Å²) in [6.07, 6.45) is 1.95. The van der Waals surface area contributed by atoms with Gasteiger partial charge in [-0.3, -0.25) is 4.79 Å². The highest BCUT2D eigenvalue weighted by Crippen LogP contribution is 2.29. The van der Waals surface area contributed by atoms with Gasteiger partial charge < -0.3 is 19.5 Å². The first kappa shape index (κ1) is 21.6. The molecule has 0 heterocycles. The molecule has 0 fully saturated rings. The van der Waals surface area contributed by atoms with Crippen LogP contribution in [0.5, 0.6) is 17.2 Å². The summed E-state index contributed by atoms with van der Waals surface area (Å²) < 4.78 is 16.8. The van der Waals surface area contributed by atoms with E-state index in [1.54, 1.807) is 7.11 Å². The summed E-state index contributed by atoms with van der Waals surface area (Å²) in [5.74, 6) is 2.37. The van der Waals surface area contributed by atoms with Crippen LogP contribution in [0.15, 0.2) is 42.5 Å². The number of amides is 1. The highest BCUT2D eigenvalue weighted by molar-refractivity contribution is 5.77. The van der Waals surface area contributed by atoms with E-state index in [2.05, 4.69) is 32.2 Å². The fraction of sp³-hybridized carbons (Fsp3) is 0.435. The molecule has 0 aliphatic carbocycles. The van der Waals surface area contributed by atoms with Gasteiger partial charge in [0.2, 0.25) is 0 Å². The molecule has 0 radical (unpaired) electrons. The maximum absolute atomic E-state index is 12.2. The normalized spacial score (nSPS) is 11.6. The van der Waals surface area contributed by atoms with E-state index in [1.807, 2.05) is 36.4 Å². The van der Waals surface area contributed by atoms with Crippen LogP contribution in [0.1, 0.15) is 50.7 Å². The molecule has 2 rings (SSSR count). The number of carbonyl (C=O) groups is 1. The molecule has 0 aliphatic rings. The Kier molecular flexibility index (Phi) is 8.66. The van der Waals surface area contributed by atoms with Gasteiger partial charge in [-0.2, -0.15) is 0 Å². The Balaban J connectivity index is 1.89. The summed E-state index contributed by atoms with van der Waals surface area (Å²) in [5.41, 5.74) is 2.07. The van der Waals surface area contributed by atoms with Crippen molar-refractivity contribution < 1.29 is 19.0 Å². The van der Waals surface area contributed by atoms with Crippen LogP contribution < -0.4 is 19.5 Å². The molecule has 152 valence electrons. The van der Waals surface area contributed by atoms with Gasteiger partial charge in [-0.1, -0.05) is 45.0 Å². The fourth-order valence-corrected chi connectivity index (χ4v) is 2.79. The summed E-state index contributed by atoms with van der Waals surface area (Å²) in [5, 5.41) is 2.89. The Labute approximate surface area is 168 Å². The Morgan fingerprint density at radius 3 is 2.54 bits per heavy atom. The second-order valence-electron chi connectivity index (χ2n) is 6.75. The third-order valence-electron chi connectivity index (χ3n) is 4.60. The first-order chi connectivity index (χ1) is 13.6. The molecule has 0 saturated heterocycles. The van der Waals surface area contributed by atoms with Gasteiger partial charge in [0.1, 0.15) is 5.75 Å². The van der Waals surface area contributed by atoms with E-state index >= 15 is 0 Å². The van der Waals surface area contributed by atoms with Gasteiger partial charge in [-0.05, 0) is 48.1 Å². The van der Waals surface area contributed by atoms with Crippen LogP contribution >= 0.6 is 0 Å². The lowest BCUT2D eigenvalue weighted by Crippen LogP contribution is -2.28. The smallest absolute Gasteiger partial charge is 0.258 e. The van der Waals surface area contributed by atoms with Gasteiger partial charge in [-0.25, -0.2) is 0 Å². The van der Waals surface area contributed by atoms with Crippen LogP contribution in [0.3, 0.4) is 0 Å². The van der Waals surface area contributed by atoms with Crippen molar-refractivity contribution in [3.05, 3.63) is 53.6 Å². The van der Waals surface area contributed by atoms with Crippen molar-refractivity contribution in [1.29, 1.82) is 0 Å². The van der Waals surface area contributed by atoms with E-state index in [-0.39, 0.29) is 12.5 Å². The number of nitrogens with one attached hydrogen (secondary N) is 1.